The highest BCUT2D eigenvalue weighted by molar-refractivity contribution is 14.1. The van der Waals surface area contributed by atoms with E-state index < -0.39 is 0 Å². The molecule has 0 saturated heterocycles. The molecule has 21 heavy (non-hydrogen) atoms. The van der Waals surface area contributed by atoms with Crippen LogP contribution in [-0.4, -0.2) is 25.1 Å². The number of carbonyl (C=O) groups excluding carboxylic acids is 1. The molecule has 0 unspecified atom stereocenters. The van der Waals surface area contributed by atoms with Gasteiger partial charge in [-0.15, -0.1) is 0 Å². The van der Waals surface area contributed by atoms with Gasteiger partial charge >= 0.3 is 0 Å². The van der Waals surface area contributed by atoms with E-state index in [2.05, 4.69) is 32.9 Å². The van der Waals surface area contributed by atoms with Gasteiger partial charge < -0.3 is 14.8 Å². The van der Waals surface area contributed by atoms with E-state index in [1.54, 1.807) is 38.6 Å². The average molecular weight is 398 g/mol. The molecule has 0 aliphatic carbocycles. The van der Waals surface area contributed by atoms with Crippen molar-refractivity contribution >= 4 is 34.3 Å². The highest BCUT2D eigenvalue weighted by Gasteiger charge is 2.12. The summed E-state index contributed by atoms with van der Waals surface area (Å²) in [5.74, 6) is 1.41. The van der Waals surface area contributed by atoms with Gasteiger partial charge in [-0.05, 0) is 53.3 Å². The maximum Gasteiger partial charge on any atom is 0.257 e. The summed E-state index contributed by atoms with van der Waals surface area (Å²) >= 11 is 2.18. The van der Waals surface area contributed by atoms with Crippen molar-refractivity contribution in [1.29, 1.82) is 0 Å². The van der Waals surface area contributed by atoms with Gasteiger partial charge in [0.2, 0.25) is 0 Å². The number of hydrogen-bond donors (Lipinski definition) is 1. The summed E-state index contributed by atoms with van der Waals surface area (Å²) in [6.07, 6.45) is 1.70. The molecule has 0 atom stereocenters. The number of aryl methyl sites for hydroxylation is 1. The van der Waals surface area contributed by atoms with Crippen LogP contribution in [0, 0.1) is 10.5 Å². The maximum atomic E-state index is 12.3. The van der Waals surface area contributed by atoms with Crippen molar-refractivity contribution in [3.05, 3.63) is 45.2 Å². The Morgan fingerprint density at radius 3 is 2.29 bits per heavy atom. The number of rotatable bonds is 4. The molecule has 1 aromatic carbocycles. The minimum Gasteiger partial charge on any atom is -0.497 e. The second-order valence-electron chi connectivity index (χ2n) is 4.37. The first kappa shape index (κ1) is 15.6. The van der Waals surface area contributed by atoms with E-state index in [1.165, 1.54) is 0 Å². The third-order valence-electron chi connectivity index (χ3n) is 2.89. The van der Waals surface area contributed by atoms with E-state index in [4.69, 9.17) is 9.47 Å². The van der Waals surface area contributed by atoms with Crippen molar-refractivity contribution in [2.24, 2.45) is 0 Å². The summed E-state index contributed by atoms with van der Waals surface area (Å²) in [5, 5.41) is 2.79. The Bertz CT molecular complexity index is 652. The summed E-state index contributed by atoms with van der Waals surface area (Å²) in [5.41, 5.74) is 1.36. The molecule has 110 valence electrons. The van der Waals surface area contributed by atoms with Gasteiger partial charge in [-0.3, -0.25) is 4.79 Å². The number of aromatic nitrogens is 1. The number of halogens is 1. The molecule has 0 saturated carbocycles. The molecule has 0 radical (unpaired) electrons. The first-order valence-corrected chi connectivity index (χ1v) is 7.28. The number of anilines is 1. The fourth-order valence-corrected chi connectivity index (χ4v) is 2.40. The van der Waals surface area contributed by atoms with E-state index in [0.29, 0.717) is 22.9 Å². The zero-order chi connectivity index (χ0) is 15.4. The van der Waals surface area contributed by atoms with Crippen molar-refractivity contribution in [3.63, 3.8) is 0 Å². The Kier molecular flexibility index (Phi) is 5.00. The number of ether oxygens (including phenoxy) is 2. The standard InChI is InChI=1S/C15H15IN2O3/c1-9-4-11(16)8-17-14(9)18-15(19)10-5-12(20-2)7-13(6-10)21-3/h4-8H,1-3H3,(H,17,18,19). The zero-order valence-electron chi connectivity index (χ0n) is 11.9. The van der Waals surface area contributed by atoms with Gasteiger partial charge in [-0.1, -0.05) is 0 Å². The van der Waals surface area contributed by atoms with Crippen LogP contribution in [-0.2, 0) is 0 Å². The second-order valence-corrected chi connectivity index (χ2v) is 5.62. The quantitative estimate of drug-likeness (QED) is 0.804. The van der Waals surface area contributed by atoms with Crippen LogP contribution in [0.1, 0.15) is 15.9 Å². The number of pyridine rings is 1. The zero-order valence-corrected chi connectivity index (χ0v) is 14.1. The lowest BCUT2D eigenvalue weighted by atomic mass is 10.2. The lowest BCUT2D eigenvalue weighted by Crippen LogP contribution is -2.14. The minimum absolute atomic E-state index is 0.260. The number of nitrogens with one attached hydrogen (secondary N) is 1. The van der Waals surface area contributed by atoms with Crippen LogP contribution in [0.25, 0.3) is 0 Å². The fourth-order valence-electron chi connectivity index (χ4n) is 1.79. The summed E-state index contributed by atoms with van der Waals surface area (Å²) in [4.78, 5) is 16.5. The van der Waals surface area contributed by atoms with Gasteiger partial charge in [-0.2, -0.15) is 0 Å². The molecule has 0 spiro atoms. The molecule has 0 aliphatic rings. The summed E-state index contributed by atoms with van der Waals surface area (Å²) in [7, 11) is 3.09. The van der Waals surface area contributed by atoms with Crippen LogP contribution >= 0.6 is 22.6 Å². The molecule has 1 aromatic heterocycles. The molecule has 2 rings (SSSR count). The molecule has 1 amide bonds. The molecule has 1 N–H and O–H groups in total. The van der Waals surface area contributed by atoms with Crippen LogP contribution in [0.5, 0.6) is 11.5 Å². The molecule has 6 heteroatoms. The van der Waals surface area contributed by atoms with Gasteiger partial charge in [-0.25, -0.2) is 4.98 Å². The molecule has 2 aromatic rings. The van der Waals surface area contributed by atoms with E-state index in [0.717, 1.165) is 9.13 Å². The van der Waals surface area contributed by atoms with E-state index in [9.17, 15) is 4.79 Å². The van der Waals surface area contributed by atoms with E-state index in [1.807, 2.05) is 13.0 Å². The van der Waals surface area contributed by atoms with Crippen molar-refractivity contribution in [3.8, 4) is 11.5 Å². The number of hydrogen-bond acceptors (Lipinski definition) is 4. The van der Waals surface area contributed by atoms with Gasteiger partial charge in [0.15, 0.2) is 0 Å². The van der Waals surface area contributed by atoms with Crippen molar-refractivity contribution < 1.29 is 14.3 Å². The number of methoxy groups -OCH3 is 2. The molecular weight excluding hydrogens is 383 g/mol. The van der Waals surface area contributed by atoms with Gasteiger partial charge in [0.05, 0.1) is 14.2 Å². The number of carbonyl (C=O) groups is 1. The lowest BCUT2D eigenvalue weighted by molar-refractivity contribution is 0.102. The number of amides is 1. The van der Waals surface area contributed by atoms with Crippen molar-refractivity contribution in [1.82, 2.24) is 4.98 Å². The lowest BCUT2D eigenvalue weighted by Gasteiger charge is -2.10. The second kappa shape index (κ2) is 6.75. The van der Waals surface area contributed by atoms with Crippen molar-refractivity contribution in [2.45, 2.75) is 6.92 Å². The first-order chi connectivity index (χ1) is 10.0. The first-order valence-electron chi connectivity index (χ1n) is 6.20. The average Bonchev–Trinajstić information content (AvgIpc) is 2.49. The van der Waals surface area contributed by atoms with Crippen LogP contribution in [0.2, 0.25) is 0 Å². The summed E-state index contributed by atoms with van der Waals surface area (Å²) in [6, 6.07) is 6.97. The Balaban J connectivity index is 2.27. The Morgan fingerprint density at radius 1 is 1.14 bits per heavy atom. The minimum atomic E-state index is -0.260. The topological polar surface area (TPSA) is 60.5 Å². The Morgan fingerprint density at radius 2 is 1.76 bits per heavy atom. The molecule has 0 aliphatic heterocycles. The molecule has 5 nitrogen and oxygen atoms in total. The predicted molar refractivity (Wildman–Crippen MR) is 89.2 cm³/mol. The maximum absolute atomic E-state index is 12.3. The van der Waals surface area contributed by atoms with Gasteiger partial charge in [0.1, 0.15) is 17.3 Å². The normalized spacial score (nSPS) is 10.1. The Hall–Kier alpha value is -1.83. The molecule has 0 fully saturated rings. The molecular formula is C15H15IN2O3. The smallest absolute Gasteiger partial charge is 0.257 e. The highest BCUT2D eigenvalue weighted by atomic mass is 127. The van der Waals surface area contributed by atoms with Crippen LogP contribution in [0.3, 0.4) is 0 Å². The molecule has 1 heterocycles. The Labute approximate surface area is 136 Å². The highest BCUT2D eigenvalue weighted by Crippen LogP contribution is 2.23. The van der Waals surface area contributed by atoms with Crippen molar-refractivity contribution in [2.75, 3.05) is 19.5 Å². The molecule has 0 bridgehead atoms. The largest absolute Gasteiger partial charge is 0.497 e. The third kappa shape index (κ3) is 3.84. The van der Waals surface area contributed by atoms with Gasteiger partial charge in [0.25, 0.3) is 5.91 Å². The van der Waals surface area contributed by atoms with E-state index >= 15 is 0 Å². The summed E-state index contributed by atoms with van der Waals surface area (Å²) < 4.78 is 11.3. The monoisotopic (exact) mass is 398 g/mol. The van der Waals surface area contributed by atoms with Crippen LogP contribution in [0.15, 0.2) is 30.5 Å². The third-order valence-corrected chi connectivity index (χ3v) is 3.48. The predicted octanol–water partition coefficient (Wildman–Crippen LogP) is 3.26. The number of benzene rings is 1. The number of nitrogens with zero attached hydrogens (tertiary/aromatic N) is 1. The summed E-state index contributed by atoms with van der Waals surface area (Å²) in [6.45, 7) is 1.90. The van der Waals surface area contributed by atoms with Gasteiger partial charge in [0, 0.05) is 21.4 Å². The van der Waals surface area contributed by atoms with Crippen LogP contribution < -0.4 is 14.8 Å². The van der Waals surface area contributed by atoms with E-state index in [-0.39, 0.29) is 5.91 Å². The fraction of sp³-hybridized carbons (Fsp3) is 0.200. The SMILES string of the molecule is COc1cc(OC)cc(C(=O)Nc2ncc(I)cc2C)c1. The van der Waals surface area contributed by atoms with Crippen LogP contribution in [0.4, 0.5) is 5.82 Å².